The Hall–Kier alpha value is -1.02. The lowest BCUT2D eigenvalue weighted by Gasteiger charge is -2.24. The predicted octanol–water partition coefficient (Wildman–Crippen LogP) is -0.148. The first-order valence-electron chi connectivity index (χ1n) is 5.54. The molecule has 1 heterocycles. The zero-order chi connectivity index (χ0) is 12.8. The second-order valence-electron chi connectivity index (χ2n) is 4.03. The smallest absolute Gasteiger partial charge is 0.173 e. The van der Waals surface area contributed by atoms with Gasteiger partial charge in [-0.15, -0.1) is 0 Å². The fourth-order valence-electron chi connectivity index (χ4n) is 1.71. The third-order valence-electron chi connectivity index (χ3n) is 2.55. The lowest BCUT2D eigenvalue weighted by molar-refractivity contribution is -0.123. The summed E-state index contributed by atoms with van der Waals surface area (Å²) in [6.07, 6.45) is 1.70. The minimum absolute atomic E-state index is 0.174. The van der Waals surface area contributed by atoms with Crippen LogP contribution in [-0.4, -0.2) is 41.3 Å². The molecule has 0 saturated carbocycles. The van der Waals surface area contributed by atoms with Crippen molar-refractivity contribution in [3.05, 3.63) is 12.2 Å². The van der Waals surface area contributed by atoms with Crippen LogP contribution in [0.1, 0.15) is 25.7 Å². The van der Waals surface area contributed by atoms with Gasteiger partial charge in [-0.05, 0) is 13.8 Å². The third kappa shape index (κ3) is 3.47. The maximum absolute atomic E-state index is 5.50. The highest BCUT2D eigenvalue weighted by molar-refractivity contribution is 4.92. The van der Waals surface area contributed by atoms with E-state index in [1.54, 1.807) is 14.2 Å². The van der Waals surface area contributed by atoms with Crippen molar-refractivity contribution in [2.45, 2.75) is 38.6 Å². The van der Waals surface area contributed by atoms with E-state index in [-0.39, 0.29) is 12.1 Å². The van der Waals surface area contributed by atoms with E-state index >= 15 is 0 Å². The van der Waals surface area contributed by atoms with E-state index in [1.807, 2.05) is 18.5 Å². The standard InChI is InChI=1S/C10H21N5O2/c1-7(2)15-9(12-6-13-15)5-8(14-11)10(16-3)17-4/h6-8,10,14H,5,11H2,1-4H3. The Bertz CT molecular complexity index is 324. The van der Waals surface area contributed by atoms with Gasteiger partial charge in [0.1, 0.15) is 12.2 Å². The summed E-state index contributed by atoms with van der Waals surface area (Å²) < 4.78 is 12.2. The summed E-state index contributed by atoms with van der Waals surface area (Å²) >= 11 is 0. The molecule has 1 atom stereocenters. The number of ether oxygens (including phenoxy) is 2. The average molecular weight is 243 g/mol. The van der Waals surface area contributed by atoms with Gasteiger partial charge >= 0.3 is 0 Å². The van der Waals surface area contributed by atoms with Crippen LogP contribution in [0.15, 0.2) is 6.33 Å². The van der Waals surface area contributed by atoms with E-state index in [0.29, 0.717) is 6.42 Å². The van der Waals surface area contributed by atoms with E-state index in [1.165, 1.54) is 6.33 Å². The molecule has 0 saturated heterocycles. The van der Waals surface area contributed by atoms with Crippen molar-refractivity contribution in [1.29, 1.82) is 0 Å². The molecule has 0 fully saturated rings. The molecule has 0 radical (unpaired) electrons. The minimum atomic E-state index is -0.419. The Balaban J connectivity index is 2.76. The van der Waals surface area contributed by atoms with Crippen molar-refractivity contribution in [2.24, 2.45) is 5.84 Å². The van der Waals surface area contributed by atoms with Crippen molar-refractivity contribution in [2.75, 3.05) is 14.2 Å². The summed E-state index contributed by atoms with van der Waals surface area (Å²) in [5.41, 5.74) is 2.68. The lowest BCUT2D eigenvalue weighted by Crippen LogP contribution is -2.47. The van der Waals surface area contributed by atoms with Crippen molar-refractivity contribution in [3.63, 3.8) is 0 Å². The molecule has 7 nitrogen and oxygen atoms in total. The highest BCUT2D eigenvalue weighted by atomic mass is 16.7. The van der Waals surface area contributed by atoms with Crippen LogP contribution in [0.25, 0.3) is 0 Å². The summed E-state index contributed by atoms with van der Waals surface area (Å²) in [5.74, 6) is 6.35. The molecule has 0 amide bonds. The summed E-state index contributed by atoms with van der Waals surface area (Å²) in [6, 6.07) is 0.0844. The number of rotatable bonds is 7. The minimum Gasteiger partial charge on any atom is -0.354 e. The summed E-state index contributed by atoms with van der Waals surface area (Å²) in [6.45, 7) is 4.10. The normalized spacial score (nSPS) is 13.6. The van der Waals surface area contributed by atoms with Crippen LogP contribution in [0.4, 0.5) is 0 Å². The molecule has 1 rings (SSSR count). The molecule has 7 heteroatoms. The van der Waals surface area contributed by atoms with E-state index in [0.717, 1.165) is 5.82 Å². The Kier molecular flexibility index (Phi) is 5.49. The van der Waals surface area contributed by atoms with Crippen molar-refractivity contribution < 1.29 is 9.47 Å². The molecule has 0 aliphatic heterocycles. The second-order valence-corrected chi connectivity index (χ2v) is 4.03. The number of hydrogen-bond donors (Lipinski definition) is 2. The molecule has 17 heavy (non-hydrogen) atoms. The number of nitrogens with two attached hydrogens (primary N) is 1. The lowest BCUT2D eigenvalue weighted by atomic mass is 10.2. The van der Waals surface area contributed by atoms with Crippen LogP contribution in [0, 0.1) is 0 Å². The zero-order valence-corrected chi connectivity index (χ0v) is 10.8. The van der Waals surface area contributed by atoms with Gasteiger partial charge in [0.2, 0.25) is 0 Å². The number of hydrogen-bond acceptors (Lipinski definition) is 6. The van der Waals surface area contributed by atoms with Crippen LogP contribution >= 0.6 is 0 Å². The Labute approximate surface area is 101 Å². The van der Waals surface area contributed by atoms with E-state index in [4.69, 9.17) is 15.3 Å². The maximum atomic E-state index is 5.50. The monoisotopic (exact) mass is 243 g/mol. The quantitative estimate of drug-likeness (QED) is 0.393. The van der Waals surface area contributed by atoms with Gasteiger partial charge in [0, 0.05) is 26.7 Å². The highest BCUT2D eigenvalue weighted by Gasteiger charge is 2.22. The van der Waals surface area contributed by atoms with Gasteiger partial charge in [0.15, 0.2) is 6.29 Å². The topological polar surface area (TPSA) is 87.2 Å². The first-order valence-corrected chi connectivity index (χ1v) is 5.54. The van der Waals surface area contributed by atoms with Crippen LogP contribution < -0.4 is 11.3 Å². The first-order chi connectivity index (χ1) is 8.13. The van der Waals surface area contributed by atoms with Crippen LogP contribution in [0.2, 0.25) is 0 Å². The number of nitrogens with one attached hydrogen (secondary N) is 1. The molecular formula is C10H21N5O2. The fourth-order valence-corrected chi connectivity index (χ4v) is 1.71. The molecular weight excluding hydrogens is 222 g/mol. The van der Waals surface area contributed by atoms with Gasteiger partial charge in [0.25, 0.3) is 0 Å². The van der Waals surface area contributed by atoms with Crippen LogP contribution in [-0.2, 0) is 15.9 Å². The molecule has 0 spiro atoms. The number of methoxy groups -OCH3 is 2. The Morgan fingerprint density at radius 3 is 2.53 bits per heavy atom. The van der Waals surface area contributed by atoms with Crippen LogP contribution in [0.5, 0.6) is 0 Å². The molecule has 98 valence electrons. The van der Waals surface area contributed by atoms with Gasteiger partial charge in [-0.1, -0.05) is 0 Å². The highest BCUT2D eigenvalue weighted by Crippen LogP contribution is 2.10. The number of aromatic nitrogens is 3. The summed E-state index contributed by atoms with van der Waals surface area (Å²) in [4.78, 5) is 4.22. The molecule has 1 aromatic rings. The van der Waals surface area contributed by atoms with Crippen LogP contribution in [0.3, 0.4) is 0 Å². The molecule has 0 aromatic carbocycles. The van der Waals surface area contributed by atoms with Gasteiger partial charge in [-0.25, -0.2) is 9.67 Å². The number of hydrazine groups is 1. The SMILES string of the molecule is COC(OC)C(Cc1ncnn1C(C)C)NN. The molecule has 0 aliphatic carbocycles. The van der Waals surface area contributed by atoms with Crippen molar-refractivity contribution in [1.82, 2.24) is 20.2 Å². The predicted molar refractivity (Wildman–Crippen MR) is 63.0 cm³/mol. The second kappa shape index (κ2) is 6.65. The molecule has 0 bridgehead atoms. The third-order valence-corrected chi connectivity index (χ3v) is 2.55. The van der Waals surface area contributed by atoms with Crippen molar-refractivity contribution >= 4 is 0 Å². The van der Waals surface area contributed by atoms with E-state index in [2.05, 4.69) is 15.5 Å². The zero-order valence-electron chi connectivity index (χ0n) is 10.8. The van der Waals surface area contributed by atoms with Gasteiger partial charge < -0.3 is 9.47 Å². The van der Waals surface area contributed by atoms with Gasteiger partial charge in [-0.3, -0.25) is 11.3 Å². The fraction of sp³-hybridized carbons (Fsp3) is 0.800. The number of nitrogens with zero attached hydrogens (tertiary/aromatic N) is 3. The van der Waals surface area contributed by atoms with Crippen molar-refractivity contribution in [3.8, 4) is 0 Å². The first kappa shape index (κ1) is 14.0. The largest absolute Gasteiger partial charge is 0.354 e. The molecule has 3 N–H and O–H groups in total. The van der Waals surface area contributed by atoms with E-state index < -0.39 is 6.29 Å². The molecule has 0 aliphatic rings. The van der Waals surface area contributed by atoms with Gasteiger partial charge in [-0.2, -0.15) is 5.10 Å². The summed E-state index contributed by atoms with van der Waals surface area (Å²) in [7, 11) is 3.15. The Morgan fingerprint density at radius 2 is 2.06 bits per heavy atom. The molecule has 1 unspecified atom stereocenters. The van der Waals surface area contributed by atoms with E-state index in [9.17, 15) is 0 Å². The molecule has 1 aromatic heterocycles. The van der Waals surface area contributed by atoms with Gasteiger partial charge in [0.05, 0.1) is 6.04 Å². The summed E-state index contributed by atoms with van der Waals surface area (Å²) in [5, 5.41) is 4.17. The Morgan fingerprint density at radius 1 is 1.41 bits per heavy atom. The maximum Gasteiger partial charge on any atom is 0.173 e. The average Bonchev–Trinajstić information content (AvgIpc) is 2.77.